The van der Waals surface area contributed by atoms with E-state index in [2.05, 4.69) is 4.90 Å². The molecule has 2 aliphatic rings. The number of hydrogen-bond donors (Lipinski definition) is 1. The van der Waals surface area contributed by atoms with Crippen molar-refractivity contribution in [1.82, 2.24) is 14.7 Å². The van der Waals surface area contributed by atoms with E-state index in [1.54, 1.807) is 35.2 Å². The van der Waals surface area contributed by atoms with Crippen LogP contribution in [0.15, 0.2) is 59.0 Å². The standard InChI is InChI=1S/C24H24ClN3O4/c25-18-7-5-16(6-8-18)23(30)27-11-9-26(10-12-27)19-14-28(15-20(19)29)24(31)22-13-17-3-1-2-4-21(17)32-22/h1-8,13,19-20,29H,9-12,14-15H2/t19-,20-/m1/s1. The number of likely N-dealkylation sites (tertiary alicyclic amines) is 1. The number of hydrogen-bond acceptors (Lipinski definition) is 5. The Bertz CT molecular complexity index is 1100. The fourth-order valence-electron chi connectivity index (χ4n) is 4.57. The van der Waals surface area contributed by atoms with Crippen LogP contribution in [0.1, 0.15) is 20.9 Å². The van der Waals surface area contributed by atoms with Gasteiger partial charge >= 0.3 is 0 Å². The molecule has 0 aliphatic carbocycles. The lowest BCUT2D eigenvalue weighted by atomic mass is 10.1. The lowest BCUT2D eigenvalue weighted by Crippen LogP contribution is -2.54. The molecule has 2 amide bonds. The Hall–Kier alpha value is -2.87. The Kier molecular flexibility index (Phi) is 5.63. The van der Waals surface area contributed by atoms with Crippen LogP contribution in [0.2, 0.25) is 5.02 Å². The molecule has 0 bridgehead atoms. The number of piperazine rings is 1. The maximum absolute atomic E-state index is 13.0. The van der Waals surface area contributed by atoms with E-state index in [-0.39, 0.29) is 30.2 Å². The molecule has 3 aromatic rings. The number of fused-ring (bicyclic) bond motifs is 1. The second-order valence-electron chi connectivity index (χ2n) is 8.33. The smallest absolute Gasteiger partial charge is 0.289 e. The summed E-state index contributed by atoms with van der Waals surface area (Å²) in [5, 5.41) is 12.2. The average molecular weight is 454 g/mol. The molecule has 32 heavy (non-hydrogen) atoms. The predicted octanol–water partition coefficient (Wildman–Crippen LogP) is 2.73. The largest absolute Gasteiger partial charge is 0.451 e. The van der Waals surface area contributed by atoms with Gasteiger partial charge in [0, 0.05) is 55.2 Å². The summed E-state index contributed by atoms with van der Waals surface area (Å²) in [4.78, 5) is 31.3. The maximum Gasteiger partial charge on any atom is 0.289 e. The van der Waals surface area contributed by atoms with Crippen LogP contribution in [0.5, 0.6) is 0 Å². The highest BCUT2D eigenvalue weighted by Gasteiger charge is 2.40. The molecule has 0 saturated carbocycles. The first-order valence-corrected chi connectivity index (χ1v) is 11.1. The highest BCUT2D eigenvalue weighted by Crippen LogP contribution is 2.24. The molecule has 8 heteroatoms. The predicted molar refractivity (Wildman–Crippen MR) is 121 cm³/mol. The van der Waals surface area contributed by atoms with E-state index in [4.69, 9.17) is 16.0 Å². The molecule has 3 heterocycles. The van der Waals surface area contributed by atoms with E-state index < -0.39 is 6.10 Å². The van der Waals surface area contributed by atoms with E-state index in [1.807, 2.05) is 29.2 Å². The van der Waals surface area contributed by atoms with Gasteiger partial charge in [-0.3, -0.25) is 14.5 Å². The number of amides is 2. The molecule has 0 unspecified atom stereocenters. The molecule has 5 rings (SSSR count). The van der Waals surface area contributed by atoms with Crippen LogP contribution in [-0.2, 0) is 0 Å². The SMILES string of the molecule is O=C(c1ccc(Cl)cc1)N1CCN([C@@H]2CN(C(=O)c3cc4ccccc4o3)C[C@H]2O)CC1. The van der Waals surface area contributed by atoms with Crippen molar-refractivity contribution in [3.05, 3.63) is 70.9 Å². The number of nitrogens with zero attached hydrogens (tertiary/aromatic N) is 3. The Morgan fingerprint density at radius 1 is 0.906 bits per heavy atom. The Morgan fingerprint density at radius 2 is 1.62 bits per heavy atom. The van der Waals surface area contributed by atoms with Crippen LogP contribution < -0.4 is 0 Å². The molecular formula is C24H24ClN3O4. The minimum Gasteiger partial charge on any atom is -0.451 e. The molecule has 2 aromatic carbocycles. The number of halogens is 1. The van der Waals surface area contributed by atoms with Gasteiger partial charge in [-0.2, -0.15) is 0 Å². The molecule has 2 aliphatic heterocycles. The van der Waals surface area contributed by atoms with E-state index in [9.17, 15) is 14.7 Å². The summed E-state index contributed by atoms with van der Waals surface area (Å²) < 4.78 is 5.71. The van der Waals surface area contributed by atoms with Gasteiger partial charge in [-0.05, 0) is 36.4 Å². The van der Waals surface area contributed by atoms with E-state index >= 15 is 0 Å². The molecule has 2 saturated heterocycles. The number of carbonyl (C=O) groups excluding carboxylic acids is 2. The van der Waals surface area contributed by atoms with Crippen LogP contribution >= 0.6 is 11.6 Å². The monoisotopic (exact) mass is 453 g/mol. The molecule has 166 valence electrons. The summed E-state index contributed by atoms with van der Waals surface area (Å²) in [7, 11) is 0. The number of aliphatic hydroxyl groups is 1. The van der Waals surface area contributed by atoms with Crippen molar-refractivity contribution >= 4 is 34.4 Å². The van der Waals surface area contributed by atoms with Crippen LogP contribution in [0.3, 0.4) is 0 Å². The molecule has 0 radical (unpaired) electrons. The van der Waals surface area contributed by atoms with Gasteiger partial charge < -0.3 is 19.3 Å². The van der Waals surface area contributed by atoms with Crippen molar-refractivity contribution < 1.29 is 19.1 Å². The second-order valence-corrected chi connectivity index (χ2v) is 8.76. The second kappa shape index (κ2) is 8.58. The topological polar surface area (TPSA) is 77.2 Å². The van der Waals surface area contributed by atoms with Gasteiger partial charge in [0.2, 0.25) is 0 Å². The van der Waals surface area contributed by atoms with Gasteiger partial charge in [0.15, 0.2) is 5.76 Å². The van der Waals surface area contributed by atoms with Crippen LogP contribution in [0.4, 0.5) is 0 Å². The lowest BCUT2D eigenvalue weighted by Gasteiger charge is -2.38. The average Bonchev–Trinajstić information content (AvgIpc) is 3.42. The third-order valence-electron chi connectivity index (χ3n) is 6.34. The number of carbonyl (C=O) groups is 2. The van der Waals surface area contributed by atoms with Crippen molar-refractivity contribution in [2.75, 3.05) is 39.3 Å². The number of benzene rings is 2. The number of aliphatic hydroxyl groups excluding tert-OH is 1. The fourth-order valence-corrected chi connectivity index (χ4v) is 4.69. The summed E-state index contributed by atoms with van der Waals surface area (Å²) in [5.74, 6) is 0.0618. The summed E-state index contributed by atoms with van der Waals surface area (Å²) in [6.45, 7) is 3.14. The van der Waals surface area contributed by atoms with Crippen molar-refractivity contribution in [3.63, 3.8) is 0 Å². The number of β-amino-alcohol motifs (C(OH)–C–C–N with tert-alkyl or cyclic N) is 1. The lowest BCUT2D eigenvalue weighted by molar-refractivity contribution is 0.0376. The van der Waals surface area contributed by atoms with Crippen molar-refractivity contribution in [2.45, 2.75) is 12.1 Å². The highest BCUT2D eigenvalue weighted by atomic mass is 35.5. The van der Waals surface area contributed by atoms with Gasteiger partial charge in [0.25, 0.3) is 11.8 Å². The maximum atomic E-state index is 13.0. The third kappa shape index (κ3) is 3.99. The first kappa shape index (κ1) is 21.0. The van der Waals surface area contributed by atoms with Gasteiger partial charge in [0.05, 0.1) is 12.1 Å². The summed E-state index contributed by atoms with van der Waals surface area (Å²) >= 11 is 5.91. The van der Waals surface area contributed by atoms with Gasteiger partial charge in [0.1, 0.15) is 5.58 Å². The summed E-state index contributed by atoms with van der Waals surface area (Å²) in [6.07, 6.45) is -0.637. The van der Waals surface area contributed by atoms with Gasteiger partial charge in [-0.15, -0.1) is 0 Å². The van der Waals surface area contributed by atoms with Crippen molar-refractivity contribution in [3.8, 4) is 0 Å². The Labute approximate surface area is 190 Å². The summed E-state index contributed by atoms with van der Waals surface area (Å²) in [6, 6.07) is 16.0. The van der Waals surface area contributed by atoms with Crippen molar-refractivity contribution in [2.24, 2.45) is 0 Å². The first-order valence-electron chi connectivity index (χ1n) is 10.7. The van der Waals surface area contributed by atoms with Crippen LogP contribution in [-0.4, -0.2) is 83.0 Å². The zero-order valence-corrected chi connectivity index (χ0v) is 18.2. The minimum absolute atomic E-state index is 0.0185. The van der Waals surface area contributed by atoms with E-state index in [0.717, 1.165) is 5.39 Å². The zero-order valence-electron chi connectivity index (χ0n) is 17.5. The molecule has 2 fully saturated rings. The fraction of sp³-hybridized carbons (Fsp3) is 0.333. The summed E-state index contributed by atoms with van der Waals surface area (Å²) in [5.41, 5.74) is 1.29. The molecule has 0 spiro atoms. The Morgan fingerprint density at radius 3 is 2.34 bits per heavy atom. The number of para-hydroxylation sites is 1. The Balaban J connectivity index is 1.20. The molecule has 7 nitrogen and oxygen atoms in total. The van der Waals surface area contributed by atoms with Crippen molar-refractivity contribution in [1.29, 1.82) is 0 Å². The van der Waals surface area contributed by atoms with E-state index in [0.29, 0.717) is 48.9 Å². The normalized spacial score (nSPS) is 21.9. The number of rotatable bonds is 3. The number of furan rings is 1. The zero-order chi connectivity index (χ0) is 22.2. The van der Waals surface area contributed by atoms with Crippen LogP contribution in [0, 0.1) is 0 Å². The van der Waals surface area contributed by atoms with Gasteiger partial charge in [-0.1, -0.05) is 29.8 Å². The van der Waals surface area contributed by atoms with E-state index in [1.165, 1.54) is 0 Å². The minimum atomic E-state index is -0.637. The highest BCUT2D eigenvalue weighted by molar-refractivity contribution is 6.30. The first-order chi connectivity index (χ1) is 15.5. The quantitative estimate of drug-likeness (QED) is 0.659. The third-order valence-corrected chi connectivity index (χ3v) is 6.60. The molecule has 1 aromatic heterocycles. The molecular weight excluding hydrogens is 430 g/mol. The molecule has 2 atom stereocenters. The van der Waals surface area contributed by atoms with Gasteiger partial charge in [-0.25, -0.2) is 0 Å². The molecule has 1 N–H and O–H groups in total. The van der Waals surface area contributed by atoms with Crippen LogP contribution in [0.25, 0.3) is 11.0 Å².